The van der Waals surface area contributed by atoms with Crippen LogP contribution in [0.1, 0.15) is 98.7 Å². The van der Waals surface area contributed by atoms with Crippen molar-refractivity contribution < 1.29 is 43.5 Å². The average molecular weight is 846 g/mol. The largest absolute Gasteiger partial charge is 0.490 e. The lowest BCUT2D eigenvalue weighted by Gasteiger charge is -2.60. The first-order valence-electron chi connectivity index (χ1n) is 21.7. The van der Waals surface area contributed by atoms with Gasteiger partial charge in [-0.3, -0.25) is 4.79 Å². The van der Waals surface area contributed by atoms with Crippen molar-refractivity contribution in [3.63, 3.8) is 0 Å². The molecule has 6 atom stereocenters. The van der Waals surface area contributed by atoms with Crippen LogP contribution in [0.2, 0.25) is 0 Å². The molecule has 1 amide bonds. The molecular weight excluding hydrogens is 787 g/mol. The number of unbranched alkanes of at least 4 members (excludes halogenated alkanes) is 2. The standard InChI is InChI=1S/C50H59N3O9/c1-6-24-57-37-19-21-42-40(28-37)46-38(13-9-11-23-55)36(12-8-10-22-54)27-39-41(52-62-49(3,4)5)29-45(50(61-42,47(39)46)60-25-7-2)53(48(56)35-17-14-33(30-51)15-18-35)31-34-16-20-43-44(26-34)59-32-58-43/h6-7,14-21,26-28,36,38,45-47,54-55H,1-2,8-13,22-25,29,31-32H2,3-5H3. The van der Waals surface area contributed by atoms with Crippen LogP contribution in [-0.2, 0) is 16.1 Å². The summed E-state index contributed by atoms with van der Waals surface area (Å²) in [5.41, 5.74) is 3.57. The number of allylic oxidation sites excluding steroid dienone is 1. The average Bonchev–Trinajstić information content (AvgIpc) is 3.75. The Morgan fingerprint density at radius 3 is 2.39 bits per heavy atom. The van der Waals surface area contributed by atoms with Gasteiger partial charge in [0.25, 0.3) is 5.91 Å². The van der Waals surface area contributed by atoms with Crippen molar-refractivity contribution >= 4 is 11.6 Å². The predicted molar refractivity (Wildman–Crippen MR) is 235 cm³/mol. The molecule has 0 radical (unpaired) electrons. The summed E-state index contributed by atoms with van der Waals surface area (Å²) < 4.78 is 32.2. The van der Waals surface area contributed by atoms with E-state index in [-0.39, 0.29) is 63.2 Å². The molecule has 0 saturated heterocycles. The molecule has 62 heavy (non-hydrogen) atoms. The lowest BCUT2D eigenvalue weighted by Crippen LogP contribution is -2.70. The second-order valence-corrected chi connectivity index (χ2v) is 17.4. The molecule has 6 unspecified atom stereocenters. The fraction of sp³-hybridized carbons (Fsp3) is 0.460. The van der Waals surface area contributed by atoms with E-state index < -0.39 is 23.3 Å². The fourth-order valence-electron chi connectivity index (χ4n) is 9.50. The van der Waals surface area contributed by atoms with Gasteiger partial charge in [-0.25, -0.2) is 0 Å². The number of oxime groups is 1. The second-order valence-electron chi connectivity index (χ2n) is 17.4. The van der Waals surface area contributed by atoms with Crippen LogP contribution < -0.4 is 18.9 Å². The van der Waals surface area contributed by atoms with E-state index in [4.69, 9.17) is 33.7 Å². The first-order chi connectivity index (χ1) is 30.0. The molecular formula is C50H59N3O9. The predicted octanol–water partition coefficient (Wildman–Crippen LogP) is 8.63. The van der Waals surface area contributed by atoms with Gasteiger partial charge in [-0.05, 0) is 124 Å². The lowest BCUT2D eigenvalue weighted by atomic mass is 9.55. The quantitative estimate of drug-likeness (QED) is 0.0682. The number of aliphatic hydroxyl groups excluding tert-OH is 2. The van der Waals surface area contributed by atoms with E-state index in [1.165, 1.54) is 0 Å². The summed E-state index contributed by atoms with van der Waals surface area (Å²) in [7, 11) is 0. The number of carbonyl (C=O) groups is 1. The van der Waals surface area contributed by atoms with Gasteiger partial charge in [0.1, 0.15) is 29.7 Å². The van der Waals surface area contributed by atoms with Crippen molar-refractivity contribution in [1.82, 2.24) is 4.90 Å². The molecule has 12 nitrogen and oxygen atoms in total. The van der Waals surface area contributed by atoms with Crippen LogP contribution in [0.15, 0.2) is 103 Å². The molecule has 4 aliphatic rings. The number of hydrogen-bond acceptors (Lipinski definition) is 11. The smallest absolute Gasteiger partial charge is 0.254 e. The van der Waals surface area contributed by atoms with Gasteiger partial charge >= 0.3 is 0 Å². The topological polar surface area (TPSA) is 152 Å². The normalized spacial score (nSPS) is 23.8. The van der Waals surface area contributed by atoms with Crippen LogP contribution in [0, 0.1) is 29.1 Å². The fourth-order valence-corrected chi connectivity index (χ4v) is 9.50. The van der Waals surface area contributed by atoms with E-state index in [1.54, 1.807) is 36.4 Å². The first-order valence-corrected chi connectivity index (χ1v) is 21.7. The number of benzene rings is 3. The van der Waals surface area contributed by atoms with E-state index in [1.807, 2.05) is 56.0 Å². The van der Waals surface area contributed by atoms with Gasteiger partial charge in [0.2, 0.25) is 12.6 Å². The minimum Gasteiger partial charge on any atom is -0.490 e. The van der Waals surface area contributed by atoms with Crippen molar-refractivity contribution in [1.29, 1.82) is 5.26 Å². The van der Waals surface area contributed by atoms with Gasteiger partial charge in [-0.15, -0.1) is 6.58 Å². The number of carbonyl (C=O) groups excluding carboxylic acids is 1. The summed E-state index contributed by atoms with van der Waals surface area (Å²) >= 11 is 0. The minimum absolute atomic E-state index is 0.0399. The van der Waals surface area contributed by atoms with Crippen LogP contribution >= 0.6 is 0 Å². The van der Waals surface area contributed by atoms with Crippen molar-refractivity contribution in [2.45, 2.75) is 95.6 Å². The molecule has 2 heterocycles. The Morgan fingerprint density at radius 2 is 1.68 bits per heavy atom. The molecule has 1 saturated carbocycles. The molecule has 328 valence electrons. The minimum atomic E-state index is -1.48. The molecule has 0 aromatic heterocycles. The maximum atomic E-state index is 15.4. The first kappa shape index (κ1) is 44.4. The van der Waals surface area contributed by atoms with Crippen molar-refractivity contribution in [2.75, 3.05) is 33.2 Å². The highest BCUT2D eigenvalue weighted by molar-refractivity contribution is 6.03. The highest BCUT2D eigenvalue weighted by Crippen LogP contribution is 2.62. The van der Waals surface area contributed by atoms with Crippen molar-refractivity contribution in [3.05, 3.63) is 120 Å². The van der Waals surface area contributed by atoms with E-state index >= 15 is 4.79 Å². The highest BCUT2D eigenvalue weighted by atomic mass is 16.7. The number of rotatable bonds is 19. The van der Waals surface area contributed by atoms with Gasteiger partial charge < -0.3 is 43.6 Å². The number of nitrogens with zero attached hydrogens (tertiary/aromatic N) is 3. The zero-order valence-electron chi connectivity index (χ0n) is 36.1. The maximum Gasteiger partial charge on any atom is 0.254 e. The molecule has 2 aliphatic heterocycles. The van der Waals surface area contributed by atoms with Gasteiger partial charge in [0, 0.05) is 43.2 Å². The Kier molecular flexibility index (Phi) is 14.1. The molecule has 3 aromatic carbocycles. The summed E-state index contributed by atoms with van der Waals surface area (Å²) in [4.78, 5) is 23.5. The van der Waals surface area contributed by atoms with E-state index in [9.17, 15) is 15.5 Å². The Bertz CT molecular complexity index is 2190. The Labute approximate surface area is 365 Å². The van der Waals surface area contributed by atoms with Crippen LogP contribution in [0.25, 0.3) is 0 Å². The third kappa shape index (κ3) is 9.41. The summed E-state index contributed by atoms with van der Waals surface area (Å²) in [6, 6.07) is 19.6. The van der Waals surface area contributed by atoms with Gasteiger partial charge in [0.15, 0.2) is 11.5 Å². The third-order valence-electron chi connectivity index (χ3n) is 12.1. The van der Waals surface area contributed by atoms with Gasteiger partial charge in [-0.1, -0.05) is 48.9 Å². The number of aliphatic hydroxyl groups is 2. The highest BCUT2D eigenvalue weighted by Gasteiger charge is 2.65. The van der Waals surface area contributed by atoms with Crippen LogP contribution in [0.3, 0.4) is 0 Å². The second kappa shape index (κ2) is 19.6. The SMILES string of the molecule is C=CCOc1ccc2c(c1)C1C(CCCCO)C(CCCCO)C=C3C(=NOC(C)(C)C)CC(N(Cc4ccc5c(c4)OCO5)C(=O)c4ccc(C#N)cc4)C(OCC=C)(O2)C31. The summed E-state index contributed by atoms with van der Waals surface area (Å²) in [6.07, 6.45) is 10.5. The van der Waals surface area contributed by atoms with E-state index in [0.29, 0.717) is 59.3 Å². The third-order valence-corrected chi connectivity index (χ3v) is 12.1. The van der Waals surface area contributed by atoms with Gasteiger partial charge in [-0.2, -0.15) is 5.26 Å². The molecule has 0 bridgehead atoms. The Morgan fingerprint density at radius 1 is 0.952 bits per heavy atom. The number of ether oxygens (including phenoxy) is 5. The van der Waals surface area contributed by atoms with E-state index in [0.717, 1.165) is 42.4 Å². The lowest BCUT2D eigenvalue weighted by molar-refractivity contribution is -0.255. The van der Waals surface area contributed by atoms with Crippen LogP contribution in [-0.4, -0.2) is 77.4 Å². The summed E-state index contributed by atoms with van der Waals surface area (Å²) in [6.45, 7) is 14.6. The van der Waals surface area contributed by atoms with Crippen LogP contribution in [0.5, 0.6) is 23.0 Å². The maximum absolute atomic E-state index is 15.4. The molecule has 3 aromatic rings. The molecule has 1 fully saturated rings. The van der Waals surface area contributed by atoms with Gasteiger partial charge in [0.05, 0.1) is 29.9 Å². The Hall–Kier alpha value is -5.61. The van der Waals surface area contributed by atoms with Crippen molar-refractivity contribution in [3.8, 4) is 29.1 Å². The van der Waals surface area contributed by atoms with Crippen molar-refractivity contribution in [2.24, 2.45) is 22.9 Å². The Balaban J connectivity index is 1.49. The molecule has 12 heteroatoms. The zero-order chi connectivity index (χ0) is 43.9. The monoisotopic (exact) mass is 845 g/mol. The number of hydrogen-bond donors (Lipinski definition) is 2. The molecule has 7 rings (SSSR count). The van der Waals surface area contributed by atoms with Crippen LogP contribution in [0.4, 0.5) is 0 Å². The zero-order valence-corrected chi connectivity index (χ0v) is 36.1. The summed E-state index contributed by atoms with van der Waals surface area (Å²) in [5.74, 6) is 0.103. The molecule has 2 aliphatic carbocycles. The number of amides is 1. The van der Waals surface area contributed by atoms with E-state index in [2.05, 4.69) is 31.4 Å². The number of fused-ring (bicyclic) bond motifs is 3. The molecule has 2 N–H and O–H groups in total. The summed E-state index contributed by atoms with van der Waals surface area (Å²) in [5, 5.41) is 34.5. The molecule has 0 spiro atoms. The number of nitriles is 1.